The molecule has 0 amide bonds. The second kappa shape index (κ2) is 6.02. The molecule has 3 heteroatoms. The molecule has 1 saturated heterocycles. The van der Waals surface area contributed by atoms with Crippen LogP contribution < -0.4 is 5.32 Å². The maximum Gasteiger partial charge on any atom is 0.127 e. The molecule has 1 aliphatic heterocycles. The monoisotopic (exact) mass is 262 g/mol. The van der Waals surface area contributed by atoms with Crippen molar-refractivity contribution in [1.29, 1.82) is 0 Å². The van der Waals surface area contributed by atoms with E-state index in [4.69, 9.17) is 0 Å². The molecule has 0 radical (unpaired) electrons. The molecular formula is C16H23FN2. The number of rotatable bonds is 5. The van der Waals surface area contributed by atoms with E-state index >= 15 is 0 Å². The summed E-state index contributed by atoms with van der Waals surface area (Å²) in [5.74, 6) is -0.0650. The van der Waals surface area contributed by atoms with Crippen LogP contribution in [0.5, 0.6) is 0 Å². The Morgan fingerprint density at radius 3 is 2.68 bits per heavy atom. The van der Waals surface area contributed by atoms with Crippen LogP contribution in [0, 0.1) is 5.82 Å². The van der Waals surface area contributed by atoms with E-state index < -0.39 is 0 Å². The summed E-state index contributed by atoms with van der Waals surface area (Å²) in [6, 6.07) is 8.47. The standard InChI is InChI=1S/C16H23FN2/c17-16-7-2-1-5-13(16)11-19(15-8-9-15)12-14-6-3-4-10-18-14/h1-2,5,7,14-15,18H,3-4,6,8-12H2. The Kier molecular flexibility index (Phi) is 4.14. The minimum atomic E-state index is -0.0650. The number of hydrogen-bond acceptors (Lipinski definition) is 2. The number of piperidine rings is 1. The molecule has 1 heterocycles. The Hall–Kier alpha value is -0.930. The number of nitrogens with one attached hydrogen (secondary N) is 1. The first-order valence-corrected chi connectivity index (χ1v) is 7.54. The van der Waals surface area contributed by atoms with Gasteiger partial charge >= 0.3 is 0 Å². The molecule has 1 atom stereocenters. The van der Waals surface area contributed by atoms with Crippen LogP contribution in [0.25, 0.3) is 0 Å². The van der Waals surface area contributed by atoms with E-state index in [0.717, 1.165) is 25.2 Å². The number of nitrogens with zero attached hydrogens (tertiary/aromatic N) is 1. The highest BCUT2D eigenvalue weighted by Gasteiger charge is 2.31. The van der Waals surface area contributed by atoms with Crippen molar-refractivity contribution >= 4 is 0 Å². The summed E-state index contributed by atoms with van der Waals surface area (Å²) in [6.07, 6.45) is 6.45. The highest BCUT2D eigenvalue weighted by molar-refractivity contribution is 5.17. The predicted molar refractivity (Wildman–Crippen MR) is 75.5 cm³/mol. The Bertz CT molecular complexity index is 411. The lowest BCUT2D eigenvalue weighted by molar-refractivity contribution is 0.206. The Balaban J connectivity index is 1.62. The van der Waals surface area contributed by atoms with Crippen LogP contribution in [-0.4, -0.2) is 30.1 Å². The third-order valence-electron chi connectivity index (χ3n) is 4.26. The van der Waals surface area contributed by atoms with Crippen molar-refractivity contribution in [3.05, 3.63) is 35.6 Å². The zero-order chi connectivity index (χ0) is 13.1. The van der Waals surface area contributed by atoms with E-state index in [1.54, 1.807) is 12.1 Å². The van der Waals surface area contributed by atoms with Gasteiger partial charge in [0.2, 0.25) is 0 Å². The molecule has 2 aliphatic rings. The summed E-state index contributed by atoms with van der Waals surface area (Å²) in [7, 11) is 0. The van der Waals surface area contributed by atoms with Crippen molar-refractivity contribution < 1.29 is 4.39 Å². The van der Waals surface area contributed by atoms with Gasteiger partial charge in [-0.1, -0.05) is 24.6 Å². The van der Waals surface area contributed by atoms with Crippen molar-refractivity contribution in [1.82, 2.24) is 10.2 Å². The molecular weight excluding hydrogens is 239 g/mol. The molecule has 0 bridgehead atoms. The van der Waals surface area contributed by atoms with Crippen LogP contribution in [-0.2, 0) is 6.54 Å². The molecule has 1 N–H and O–H groups in total. The van der Waals surface area contributed by atoms with Crippen molar-refractivity contribution in [2.75, 3.05) is 13.1 Å². The third kappa shape index (κ3) is 3.54. The van der Waals surface area contributed by atoms with Gasteiger partial charge in [0.05, 0.1) is 0 Å². The van der Waals surface area contributed by atoms with Gasteiger partial charge in [-0.15, -0.1) is 0 Å². The fourth-order valence-electron chi connectivity index (χ4n) is 2.99. The molecule has 1 aromatic rings. The van der Waals surface area contributed by atoms with Crippen LogP contribution in [0.1, 0.15) is 37.7 Å². The quantitative estimate of drug-likeness (QED) is 0.877. The summed E-state index contributed by atoms with van der Waals surface area (Å²) >= 11 is 0. The molecule has 0 aromatic heterocycles. The van der Waals surface area contributed by atoms with Crippen molar-refractivity contribution in [3.8, 4) is 0 Å². The Morgan fingerprint density at radius 2 is 2.00 bits per heavy atom. The fraction of sp³-hybridized carbons (Fsp3) is 0.625. The van der Waals surface area contributed by atoms with Gasteiger partial charge in [-0.2, -0.15) is 0 Å². The second-order valence-corrected chi connectivity index (χ2v) is 5.90. The first-order valence-electron chi connectivity index (χ1n) is 7.54. The zero-order valence-corrected chi connectivity index (χ0v) is 11.4. The summed E-state index contributed by atoms with van der Waals surface area (Å²) in [5, 5.41) is 3.60. The Morgan fingerprint density at radius 1 is 1.16 bits per heavy atom. The normalized spacial score (nSPS) is 23.8. The molecule has 2 nitrogen and oxygen atoms in total. The summed E-state index contributed by atoms with van der Waals surface area (Å²) < 4.78 is 13.8. The van der Waals surface area contributed by atoms with Crippen molar-refractivity contribution in [2.24, 2.45) is 0 Å². The van der Waals surface area contributed by atoms with E-state index in [-0.39, 0.29) is 5.82 Å². The highest BCUT2D eigenvalue weighted by atomic mass is 19.1. The topological polar surface area (TPSA) is 15.3 Å². The highest BCUT2D eigenvalue weighted by Crippen LogP contribution is 2.29. The lowest BCUT2D eigenvalue weighted by atomic mass is 10.0. The average Bonchev–Trinajstić information content (AvgIpc) is 3.26. The molecule has 1 saturated carbocycles. The van der Waals surface area contributed by atoms with Gasteiger partial charge in [-0.3, -0.25) is 4.90 Å². The van der Waals surface area contributed by atoms with Gasteiger partial charge in [-0.05, 0) is 38.3 Å². The van der Waals surface area contributed by atoms with E-state index in [0.29, 0.717) is 12.1 Å². The molecule has 1 aliphatic carbocycles. The van der Waals surface area contributed by atoms with E-state index in [9.17, 15) is 4.39 Å². The van der Waals surface area contributed by atoms with Gasteiger partial charge in [0.15, 0.2) is 0 Å². The van der Waals surface area contributed by atoms with E-state index in [1.807, 2.05) is 12.1 Å². The minimum absolute atomic E-state index is 0.0650. The van der Waals surface area contributed by atoms with Gasteiger partial charge in [0.25, 0.3) is 0 Å². The largest absolute Gasteiger partial charge is 0.313 e. The number of hydrogen-bond donors (Lipinski definition) is 1. The summed E-state index contributed by atoms with van der Waals surface area (Å²) in [4.78, 5) is 2.47. The van der Waals surface area contributed by atoms with Crippen LogP contribution in [0.2, 0.25) is 0 Å². The smallest absolute Gasteiger partial charge is 0.127 e. The average molecular weight is 262 g/mol. The van der Waals surface area contributed by atoms with E-state index in [2.05, 4.69) is 10.2 Å². The lowest BCUT2D eigenvalue weighted by Gasteiger charge is -2.30. The molecule has 1 aromatic carbocycles. The maximum absolute atomic E-state index is 13.8. The molecule has 19 heavy (non-hydrogen) atoms. The molecule has 1 unspecified atom stereocenters. The lowest BCUT2D eigenvalue weighted by Crippen LogP contribution is -2.44. The first-order chi connectivity index (χ1) is 9.33. The van der Waals surface area contributed by atoms with Gasteiger partial charge in [0.1, 0.15) is 5.82 Å². The second-order valence-electron chi connectivity index (χ2n) is 5.90. The predicted octanol–water partition coefficient (Wildman–Crippen LogP) is 2.93. The number of benzene rings is 1. The van der Waals surface area contributed by atoms with Crippen LogP contribution in [0.15, 0.2) is 24.3 Å². The molecule has 104 valence electrons. The maximum atomic E-state index is 13.8. The Labute approximate surface area is 115 Å². The van der Waals surface area contributed by atoms with Gasteiger partial charge < -0.3 is 5.32 Å². The zero-order valence-electron chi connectivity index (χ0n) is 11.4. The molecule has 3 rings (SSSR count). The summed E-state index contributed by atoms with van der Waals surface area (Å²) in [5.41, 5.74) is 0.838. The van der Waals surface area contributed by atoms with Gasteiger partial charge in [-0.25, -0.2) is 4.39 Å². The SMILES string of the molecule is Fc1ccccc1CN(CC1CCCCN1)C1CC1. The summed E-state index contributed by atoms with van der Waals surface area (Å²) in [6.45, 7) is 2.97. The molecule has 0 spiro atoms. The van der Waals surface area contributed by atoms with Crippen molar-refractivity contribution in [2.45, 2.75) is 50.7 Å². The van der Waals surface area contributed by atoms with Crippen LogP contribution in [0.4, 0.5) is 4.39 Å². The van der Waals surface area contributed by atoms with Crippen LogP contribution in [0.3, 0.4) is 0 Å². The number of halogens is 1. The fourth-order valence-corrected chi connectivity index (χ4v) is 2.99. The van der Waals surface area contributed by atoms with E-state index in [1.165, 1.54) is 32.1 Å². The third-order valence-corrected chi connectivity index (χ3v) is 4.26. The van der Waals surface area contributed by atoms with Gasteiger partial charge in [0, 0.05) is 30.7 Å². The van der Waals surface area contributed by atoms with Crippen LogP contribution >= 0.6 is 0 Å². The molecule has 2 fully saturated rings. The first kappa shape index (κ1) is 13.1. The van der Waals surface area contributed by atoms with Crippen molar-refractivity contribution in [3.63, 3.8) is 0 Å². The minimum Gasteiger partial charge on any atom is -0.313 e.